The molecule has 4 nitrogen and oxygen atoms in total. The zero-order valence-corrected chi connectivity index (χ0v) is 10.9. The lowest BCUT2D eigenvalue weighted by Crippen LogP contribution is -2.48. The standard InChI is InChI=1S/C8H17BrN2O2S/c1-7-5-11(2)4-3-8(7)10-14(12,13)6-9/h7-8,10H,3-6H2,1-2H3. The van der Waals surface area contributed by atoms with Crippen molar-refractivity contribution >= 4 is 26.0 Å². The summed E-state index contributed by atoms with van der Waals surface area (Å²) in [5, 5.41) is 0. The van der Waals surface area contributed by atoms with Gasteiger partial charge in [-0.15, -0.1) is 0 Å². The molecule has 1 aliphatic heterocycles. The molecule has 84 valence electrons. The van der Waals surface area contributed by atoms with E-state index in [-0.39, 0.29) is 10.7 Å². The highest BCUT2D eigenvalue weighted by molar-refractivity contribution is 9.10. The molecule has 1 rings (SSSR count). The number of sulfonamides is 1. The molecule has 6 heteroatoms. The fourth-order valence-electron chi connectivity index (χ4n) is 1.79. The van der Waals surface area contributed by atoms with Crippen molar-refractivity contribution in [1.82, 2.24) is 9.62 Å². The maximum absolute atomic E-state index is 11.3. The van der Waals surface area contributed by atoms with Crippen LogP contribution in [0.3, 0.4) is 0 Å². The van der Waals surface area contributed by atoms with E-state index in [1.807, 2.05) is 0 Å². The molecule has 1 N–H and O–H groups in total. The van der Waals surface area contributed by atoms with Gasteiger partial charge in [0, 0.05) is 12.6 Å². The minimum absolute atomic E-state index is 0.0148. The lowest BCUT2D eigenvalue weighted by Gasteiger charge is -2.34. The van der Waals surface area contributed by atoms with Crippen molar-refractivity contribution in [2.75, 3.05) is 24.8 Å². The minimum atomic E-state index is -3.12. The number of piperidine rings is 1. The summed E-state index contributed by atoms with van der Waals surface area (Å²) in [7, 11) is -1.06. The van der Waals surface area contributed by atoms with Gasteiger partial charge in [-0.05, 0) is 25.9 Å². The Labute approximate surface area is 94.2 Å². The van der Waals surface area contributed by atoms with Crippen molar-refractivity contribution in [3.8, 4) is 0 Å². The molecule has 2 unspecified atom stereocenters. The first-order valence-electron chi connectivity index (χ1n) is 4.69. The van der Waals surface area contributed by atoms with Crippen molar-refractivity contribution in [3.63, 3.8) is 0 Å². The minimum Gasteiger partial charge on any atom is -0.306 e. The topological polar surface area (TPSA) is 49.4 Å². The maximum Gasteiger partial charge on any atom is 0.221 e. The molecule has 0 aliphatic carbocycles. The highest BCUT2D eigenvalue weighted by Gasteiger charge is 2.27. The average Bonchev–Trinajstić information content (AvgIpc) is 2.10. The first-order chi connectivity index (χ1) is 6.44. The normalized spacial score (nSPS) is 30.5. The van der Waals surface area contributed by atoms with Crippen molar-refractivity contribution in [1.29, 1.82) is 0 Å². The van der Waals surface area contributed by atoms with Crippen LogP contribution in [0, 0.1) is 5.92 Å². The summed E-state index contributed by atoms with van der Waals surface area (Å²) < 4.78 is 25.3. The van der Waals surface area contributed by atoms with E-state index in [9.17, 15) is 8.42 Å². The van der Waals surface area contributed by atoms with E-state index in [0.717, 1.165) is 19.5 Å². The molecule has 0 amide bonds. The number of hydrogen-bond acceptors (Lipinski definition) is 3. The van der Waals surface area contributed by atoms with Gasteiger partial charge in [0.05, 0.1) is 0 Å². The number of rotatable bonds is 3. The number of nitrogens with one attached hydrogen (secondary N) is 1. The lowest BCUT2D eigenvalue weighted by molar-refractivity contribution is 0.188. The van der Waals surface area contributed by atoms with Gasteiger partial charge in [0.2, 0.25) is 10.0 Å². The molecule has 1 saturated heterocycles. The number of likely N-dealkylation sites (tertiary alicyclic amines) is 1. The average molecular weight is 285 g/mol. The van der Waals surface area contributed by atoms with Crippen LogP contribution in [0.5, 0.6) is 0 Å². The smallest absolute Gasteiger partial charge is 0.221 e. The molecular weight excluding hydrogens is 268 g/mol. The zero-order valence-electron chi connectivity index (χ0n) is 8.53. The van der Waals surface area contributed by atoms with Gasteiger partial charge in [0.1, 0.15) is 4.66 Å². The van der Waals surface area contributed by atoms with Crippen LogP contribution in [0.1, 0.15) is 13.3 Å². The summed E-state index contributed by atoms with van der Waals surface area (Å²) in [6.07, 6.45) is 0.893. The summed E-state index contributed by atoms with van der Waals surface area (Å²) in [5.74, 6) is 0.377. The second-order valence-corrected chi connectivity index (χ2v) is 7.03. The number of nitrogens with zero attached hydrogens (tertiary/aromatic N) is 1. The zero-order chi connectivity index (χ0) is 10.8. The SMILES string of the molecule is CC1CN(C)CCC1NS(=O)(=O)CBr. The lowest BCUT2D eigenvalue weighted by atomic mass is 9.95. The molecule has 0 aromatic rings. The quantitative estimate of drug-likeness (QED) is 0.773. The van der Waals surface area contributed by atoms with Gasteiger partial charge in [0.25, 0.3) is 0 Å². The fraction of sp³-hybridized carbons (Fsp3) is 1.00. The molecular formula is C8H17BrN2O2S. The van der Waals surface area contributed by atoms with Crippen molar-refractivity contribution in [2.45, 2.75) is 19.4 Å². The summed E-state index contributed by atoms with van der Waals surface area (Å²) in [5.41, 5.74) is 0. The van der Waals surface area contributed by atoms with Gasteiger partial charge in [-0.3, -0.25) is 0 Å². The van der Waals surface area contributed by atoms with E-state index in [0.29, 0.717) is 5.92 Å². The van der Waals surface area contributed by atoms with E-state index in [1.54, 1.807) is 0 Å². The third-order valence-electron chi connectivity index (χ3n) is 2.58. The fourth-order valence-corrected chi connectivity index (χ4v) is 3.06. The van der Waals surface area contributed by atoms with E-state index < -0.39 is 10.0 Å². The Morgan fingerprint density at radius 3 is 2.71 bits per heavy atom. The van der Waals surface area contributed by atoms with Crippen LogP contribution in [0.2, 0.25) is 0 Å². The van der Waals surface area contributed by atoms with Crippen molar-refractivity contribution < 1.29 is 8.42 Å². The van der Waals surface area contributed by atoms with Gasteiger partial charge < -0.3 is 4.90 Å². The summed E-state index contributed by atoms with van der Waals surface area (Å²) in [6.45, 7) is 3.99. The second-order valence-electron chi connectivity index (χ2n) is 3.98. The number of alkyl halides is 1. The largest absolute Gasteiger partial charge is 0.306 e. The van der Waals surface area contributed by atoms with Crippen LogP contribution in [0.4, 0.5) is 0 Å². The predicted molar refractivity (Wildman–Crippen MR) is 60.9 cm³/mol. The number of halogens is 1. The van der Waals surface area contributed by atoms with E-state index in [1.165, 1.54) is 0 Å². The molecule has 1 heterocycles. The summed E-state index contributed by atoms with van der Waals surface area (Å²) >= 11 is 2.97. The van der Waals surface area contributed by atoms with Gasteiger partial charge >= 0.3 is 0 Å². The molecule has 2 atom stereocenters. The van der Waals surface area contributed by atoms with Crippen molar-refractivity contribution in [3.05, 3.63) is 0 Å². The highest BCUT2D eigenvalue weighted by atomic mass is 79.9. The molecule has 0 saturated carbocycles. The van der Waals surface area contributed by atoms with E-state index in [2.05, 4.69) is 39.5 Å². The van der Waals surface area contributed by atoms with Crippen LogP contribution in [-0.4, -0.2) is 44.2 Å². The van der Waals surface area contributed by atoms with Crippen molar-refractivity contribution in [2.24, 2.45) is 5.92 Å². The van der Waals surface area contributed by atoms with Gasteiger partial charge in [0.15, 0.2) is 0 Å². The summed E-state index contributed by atoms with van der Waals surface area (Å²) in [4.78, 5) is 2.23. The molecule has 0 radical (unpaired) electrons. The molecule has 14 heavy (non-hydrogen) atoms. The van der Waals surface area contributed by atoms with E-state index >= 15 is 0 Å². The number of hydrogen-bond donors (Lipinski definition) is 1. The van der Waals surface area contributed by atoms with Crippen LogP contribution in [0.25, 0.3) is 0 Å². The van der Waals surface area contributed by atoms with Gasteiger partial charge in [-0.25, -0.2) is 13.1 Å². The predicted octanol–water partition coefficient (Wildman–Crippen LogP) is 0.598. The van der Waals surface area contributed by atoms with Crippen LogP contribution in [0.15, 0.2) is 0 Å². The molecule has 1 aliphatic rings. The highest BCUT2D eigenvalue weighted by Crippen LogP contribution is 2.16. The van der Waals surface area contributed by atoms with Crippen LogP contribution in [-0.2, 0) is 10.0 Å². The molecule has 1 fully saturated rings. The molecule has 0 aromatic heterocycles. The summed E-state index contributed by atoms with van der Waals surface area (Å²) in [6, 6.07) is 0.0914. The third kappa shape index (κ3) is 3.49. The van der Waals surface area contributed by atoms with Crippen LogP contribution < -0.4 is 4.72 Å². The van der Waals surface area contributed by atoms with Crippen LogP contribution >= 0.6 is 15.9 Å². The Kier molecular flexibility index (Phi) is 4.36. The first kappa shape index (κ1) is 12.4. The first-order valence-corrected chi connectivity index (χ1v) is 7.46. The Hall–Kier alpha value is 0.350. The van der Waals surface area contributed by atoms with Gasteiger partial charge in [-0.2, -0.15) is 0 Å². The Balaban J connectivity index is 2.54. The molecule has 0 aromatic carbocycles. The monoisotopic (exact) mass is 284 g/mol. The second kappa shape index (κ2) is 4.92. The molecule has 0 spiro atoms. The Morgan fingerprint density at radius 2 is 2.21 bits per heavy atom. The molecule has 0 bridgehead atoms. The van der Waals surface area contributed by atoms with Gasteiger partial charge in [-0.1, -0.05) is 22.9 Å². The Morgan fingerprint density at radius 1 is 1.57 bits per heavy atom. The maximum atomic E-state index is 11.3. The third-order valence-corrected chi connectivity index (χ3v) is 5.34. The van der Waals surface area contributed by atoms with E-state index in [4.69, 9.17) is 0 Å². The Bertz CT molecular complexity index is 281.